The highest BCUT2D eigenvalue weighted by Crippen LogP contribution is 2.30. The summed E-state index contributed by atoms with van der Waals surface area (Å²) in [5, 5.41) is 12.5. The Morgan fingerprint density at radius 1 is 1.14 bits per heavy atom. The molecule has 0 radical (unpaired) electrons. The average molecular weight is 395 g/mol. The Hall–Kier alpha value is -2.87. The Kier molecular flexibility index (Phi) is 6.80. The zero-order chi connectivity index (χ0) is 20.9. The fourth-order valence-electron chi connectivity index (χ4n) is 2.67. The number of carbonyl (C=O) groups excluding carboxylic acids is 2. The van der Waals surface area contributed by atoms with Crippen molar-refractivity contribution in [2.24, 2.45) is 0 Å². The highest BCUT2D eigenvalue weighted by molar-refractivity contribution is 5.87. The molecule has 2 rings (SSSR count). The predicted octanol–water partition coefficient (Wildman–Crippen LogP) is 2.95. The number of hydrogen-bond donors (Lipinski definition) is 2. The van der Waals surface area contributed by atoms with Crippen molar-refractivity contribution in [2.75, 3.05) is 7.11 Å². The van der Waals surface area contributed by atoms with E-state index in [4.69, 9.17) is 4.74 Å². The first-order valence-corrected chi connectivity index (χ1v) is 8.41. The predicted molar refractivity (Wildman–Crippen MR) is 95.2 cm³/mol. The summed E-state index contributed by atoms with van der Waals surface area (Å²) >= 11 is 0. The van der Waals surface area contributed by atoms with Gasteiger partial charge in [-0.15, -0.1) is 0 Å². The molecule has 150 valence electrons. The van der Waals surface area contributed by atoms with Crippen LogP contribution in [0, 0.1) is 6.92 Å². The number of ether oxygens (including phenoxy) is 1. The van der Waals surface area contributed by atoms with Crippen LogP contribution in [0.25, 0.3) is 0 Å². The molecule has 0 aliphatic carbocycles. The molecule has 0 unspecified atom stereocenters. The SMILES string of the molecule is COC(=O)[C@H](Cc1cccc(C)c1)NC(=O)[C@H](O)c1ccc(C(F)(F)F)cc1. The molecule has 0 fully saturated rings. The molecule has 2 aromatic rings. The van der Waals surface area contributed by atoms with Crippen molar-refractivity contribution in [1.82, 2.24) is 5.32 Å². The molecular weight excluding hydrogens is 375 g/mol. The maximum atomic E-state index is 12.6. The van der Waals surface area contributed by atoms with Crippen molar-refractivity contribution >= 4 is 11.9 Å². The van der Waals surface area contributed by atoms with E-state index in [2.05, 4.69) is 5.32 Å². The molecule has 0 aromatic heterocycles. The van der Waals surface area contributed by atoms with Gasteiger partial charge in [0.05, 0.1) is 12.7 Å². The van der Waals surface area contributed by atoms with E-state index in [9.17, 15) is 27.9 Å². The van der Waals surface area contributed by atoms with Crippen LogP contribution >= 0.6 is 0 Å². The molecule has 0 bridgehead atoms. The van der Waals surface area contributed by atoms with Crippen molar-refractivity contribution in [3.63, 3.8) is 0 Å². The Bertz CT molecular complexity index is 834. The van der Waals surface area contributed by atoms with E-state index in [-0.39, 0.29) is 12.0 Å². The van der Waals surface area contributed by atoms with E-state index >= 15 is 0 Å². The van der Waals surface area contributed by atoms with Crippen molar-refractivity contribution < 1.29 is 32.6 Å². The normalized spacial score (nSPS) is 13.5. The summed E-state index contributed by atoms with van der Waals surface area (Å²) in [6.07, 6.45) is -6.11. The van der Waals surface area contributed by atoms with E-state index in [1.807, 2.05) is 19.1 Å². The summed E-state index contributed by atoms with van der Waals surface area (Å²) in [4.78, 5) is 24.3. The summed E-state index contributed by atoms with van der Waals surface area (Å²) in [5.41, 5.74) is 0.831. The molecule has 0 saturated carbocycles. The quantitative estimate of drug-likeness (QED) is 0.738. The molecule has 0 saturated heterocycles. The Morgan fingerprint density at radius 3 is 2.32 bits per heavy atom. The van der Waals surface area contributed by atoms with Crippen molar-refractivity contribution in [1.29, 1.82) is 0 Å². The van der Waals surface area contributed by atoms with Gasteiger partial charge in [-0.3, -0.25) is 4.79 Å². The van der Waals surface area contributed by atoms with Gasteiger partial charge in [0.25, 0.3) is 5.91 Å². The summed E-state index contributed by atoms with van der Waals surface area (Å²) in [6.45, 7) is 1.88. The van der Waals surface area contributed by atoms with Crippen molar-refractivity contribution in [3.05, 3.63) is 70.8 Å². The van der Waals surface area contributed by atoms with Gasteiger partial charge in [0, 0.05) is 6.42 Å². The number of halogens is 3. The molecule has 0 heterocycles. The number of aliphatic hydroxyl groups excluding tert-OH is 1. The fraction of sp³-hybridized carbons (Fsp3) is 0.300. The van der Waals surface area contributed by atoms with Gasteiger partial charge in [0.15, 0.2) is 6.10 Å². The first kappa shape index (κ1) is 21.4. The number of carbonyl (C=O) groups is 2. The second-order valence-electron chi connectivity index (χ2n) is 6.30. The third kappa shape index (κ3) is 5.56. The largest absolute Gasteiger partial charge is 0.467 e. The third-order valence-corrected chi connectivity index (χ3v) is 4.13. The lowest BCUT2D eigenvalue weighted by Gasteiger charge is -2.19. The second-order valence-corrected chi connectivity index (χ2v) is 6.30. The van der Waals surface area contributed by atoms with E-state index in [0.717, 1.165) is 35.4 Å². The van der Waals surface area contributed by atoms with Gasteiger partial charge < -0.3 is 15.2 Å². The minimum Gasteiger partial charge on any atom is -0.467 e. The highest BCUT2D eigenvalue weighted by atomic mass is 19.4. The monoisotopic (exact) mass is 395 g/mol. The molecule has 28 heavy (non-hydrogen) atoms. The molecule has 0 aliphatic heterocycles. The number of methoxy groups -OCH3 is 1. The van der Waals surface area contributed by atoms with Crippen LogP contribution in [-0.4, -0.2) is 30.1 Å². The van der Waals surface area contributed by atoms with Gasteiger partial charge in [-0.05, 0) is 30.2 Å². The van der Waals surface area contributed by atoms with Crippen LogP contribution in [0.15, 0.2) is 48.5 Å². The molecular formula is C20H20F3NO4. The number of nitrogens with one attached hydrogen (secondary N) is 1. The number of hydrogen-bond acceptors (Lipinski definition) is 4. The third-order valence-electron chi connectivity index (χ3n) is 4.13. The highest BCUT2D eigenvalue weighted by Gasteiger charge is 2.31. The number of aryl methyl sites for hydroxylation is 1. The van der Waals surface area contributed by atoms with E-state index < -0.39 is 35.8 Å². The molecule has 8 heteroatoms. The van der Waals surface area contributed by atoms with Crippen LogP contribution in [0.1, 0.15) is 28.4 Å². The van der Waals surface area contributed by atoms with Gasteiger partial charge in [-0.1, -0.05) is 42.0 Å². The lowest BCUT2D eigenvalue weighted by atomic mass is 10.0. The van der Waals surface area contributed by atoms with Gasteiger partial charge in [0.1, 0.15) is 6.04 Å². The maximum absolute atomic E-state index is 12.6. The number of esters is 1. The van der Waals surface area contributed by atoms with Crippen LogP contribution < -0.4 is 5.32 Å². The average Bonchev–Trinajstić information content (AvgIpc) is 2.65. The molecule has 2 N–H and O–H groups in total. The minimum atomic E-state index is -4.52. The maximum Gasteiger partial charge on any atom is 0.416 e. The number of alkyl halides is 3. The minimum absolute atomic E-state index is 0.0235. The van der Waals surface area contributed by atoms with E-state index in [1.165, 1.54) is 7.11 Å². The van der Waals surface area contributed by atoms with Crippen LogP contribution in [0.3, 0.4) is 0 Å². The topological polar surface area (TPSA) is 75.6 Å². The molecule has 5 nitrogen and oxygen atoms in total. The number of aliphatic hydroxyl groups is 1. The lowest BCUT2D eigenvalue weighted by Crippen LogP contribution is -2.45. The zero-order valence-electron chi connectivity index (χ0n) is 15.3. The lowest BCUT2D eigenvalue weighted by molar-refractivity contribution is -0.146. The smallest absolute Gasteiger partial charge is 0.416 e. The van der Waals surface area contributed by atoms with Gasteiger partial charge in [-0.25, -0.2) is 4.79 Å². The van der Waals surface area contributed by atoms with Gasteiger partial charge >= 0.3 is 12.1 Å². The van der Waals surface area contributed by atoms with Crippen LogP contribution in [0.5, 0.6) is 0 Å². The van der Waals surface area contributed by atoms with Crippen LogP contribution in [0.2, 0.25) is 0 Å². The first-order chi connectivity index (χ1) is 13.1. The zero-order valence-corrected chi connectivity index (χ0v) is 15.3. The van der Waals surface area contributed by atoms with Gasteiger partial charge in [-0.2, -0.15) is 13.2 Å². The number of rotatable bonds is 6. The number of benzene rings is 2. The molecule has 2 atom stereocenters. The molecule has 0 spiro atoms. The Balaban J connectivity index is 2.12. The summed E-state index contributed by atoms with van der Waals surface area (Å²) in [6, 6.07) is 9.83. The number of amides is 1. The van der Waals surface area contributed by atoms with E-state index in [0.29, 0.717) is 0 Å². The van der Waals surface area contributed by atoms with Crippen molar-refractivity contribution in [2.45, 2.75) is 31.7 Å². The Morgan fingerprint density at radius 2 is 1.79 bits per heavy atom. The molecule has 1 amide bonds. The first-order valence-electron chi connectivity index (χ1n) is 8.41. The van der Waals surface area contributed by atoms with E-state index in [1.54, 1.807) is 12.1 Å². The molecule has 0 aliphatic rings. The van der Waals surface area contributed by atoms with Crippen molar-refractivity contribution in [3.8, 4) is 0 Å². The molecule has 2 aromatic carbocycles. The summed E-state index contributed by atoms with van der Waals surface area (Å²) < 4.78 is 42.6. The Labute approximate surface area is 160 Å². The summed E-state index contributed by atoms with van der Waals surface area (Å²) in [5.74, 6) is -1.61. The van der Waals surface area contributed by atoms with Gasteiger partial charge in [0.2, 0.25) is 0 Å². The van der Waals surface area contributed by atoms with Crippen LogP contribution in [0.4, 0.5) is 13.2 Å². The fourth-order valence-corrected chi connectivity index (χ4v) is 2.67. The summed E-state index contributed by atoms with van der Waals surface area (Å²) in [7, 11) is 1.17. The van der Waals surface area contributed by atoms with Crippen LogP contribution in [-0.2, 0) is 26.9 Å². The standard InChI is InChI=1S/C20H20F3NO4/c1-12-4-3-5-13(10-12)11-16(19(27)28-2)24-18(26)17(25)14-6-8-15(9-7-14)20(21,22)23/h3-10,16-17,25H,11H2,1-2H3,(H,24,26)/t16-,17+/m0/s1. The second kappa shape index (κ2) is 8.88.